The third kappa shape index (κ3) is 2.37. The molecule has 1 aliphatic carbocycles. The van der Waals surface area contributed by atoms with Crippen LogP contribution in [0.5, 0.6) is 0 Å². The Morgan fingerprint density at radius 3 is 2.33 bits per heavy atom. The largest absolute Gasteiger partial charge is 0.325 e. The molecule has 2 nitrogen and oxygen atoms in total. The summed E-state index contributed by atoms with van der Waals surface area (Å²) in [6.07, 6.45) is 2.32. The Labute approximate surface area is 140 Å². The highest BCUT2D eigenvalue weighted by Crippen LogP contribution is 2.45. The summed E-state index contributed by atoms with van der Waals surface area (Å²) in [4.78, 5) is 12.9. The zero-order valence-corrected chi connectivity index (χ0v) is 13.3. The van der Waals surface area contributed by atoms with Crippen LogP contribution in [0.3, 0.4) is 0 Å². The average molecular weight is 319 g/mol. The van der Waals surface area contributed by atoms with E-state index in [0.29, 0.717) is 18.4 Å². The van der Waals surface area contributed by atoms with Crippen molar-refractivity contribution in [2.75, 3.05) is 5.32 Å². The first kappa shape index (κ1) is 14.9. The third-order valence-corrected chi connectivity index (χ3v) is 5.04. The van der Waals surface area contributed by atoms with Crippen LogP contribution in [0.4, 0.5) is 10.1 Å². The molecule has 24 heavy (non-hydrogen) atoms. The Bertz CT molecular complexity index is 914. The van der Waals surface area contributed by atoms with Crippen LogP contribution >= 0.6 is 0 Å². The highest BCUT2D eigenvalue weighted by atomic mass is 19.1. The number of benzene rings is 3. The van der Waals surface area contributed by atoms with Gasteiger partial charge in [-0.05, 0) is 41.8 Å². The van der Waals surface area contributed by atoms with Gasteiger partial charge in [-0.15, -0.1) is 0 Å². The van der Waals surface area contributed by atoms with Crippen molar-refractivity contribution < 1.29 is 9.18 Å². The first-order valence-corrected chi connectivity index (χ1v) is 8.24. The van der Waals surface area contributed by atoms with Crippen LogP contribution in [0.15, 0.2) is 66.7 Å². The molecule has 0 saturated heterocycles. The highest BCUT2D eigenvalue weighted by molar-refractivity contribution is 6.01. The van der Waals surface area contributed by atoms with E-state index < -0.39 is 5.41 Å². The van der Waals surface area contributed by atoms with Crippen LogP contribution in [0.2, 0.25) is 0 Å². The number of hydrogen-bond acceptors (Lipinski definition) is 1. The second-order valence-corrected chi connectivity index (χ2v) is 6.43. The Balaban J connectivity index is 1.65. The van der Waals surface area contributed by atoms with Gasteiger partial charge in [0.15, 0.2) is 0 Å². The summed E-state index contributed by atoms with van der Waals surface area (Å²) in [5.74, 6) is -0.417. The van der Waals surface area contributed by atoms with E-state index in [9.17, 15) is 9.18 Å². The number of halogens is 1. The van der Waals surface area contributed by atoms with Gasteiger partial charge < -0.3 is 5.32 Å². The second-order valence-electron chi connectivity index (χ2n) is 6.43. The summed E-state index contributed by atoms with van der Waals surface area (Å²) >= 11 is 0. The van der Waals surface area contributed by atoms with Gasteiger partial charge in [-0.25, -0.2) is 4.39 Å². The van der Waals surface area contributed by atoms with Gasteiger partial charge in [0.2, 0.25) is 5.91 Å². The van der Waals surface area contributed by atoms with Gasteiger partial charge in [0.25, 0.3) is 0 Å². The summed E-state index contributed by atoms with van der Waals surface area (Å²) in [6.45, 7) is 0. The fourth-order valence-corrected chi connectivity index (χ4v) is 3.52. The van der Waals surface area contributed by atoms with Gasteiger partial charge in [0, 0.05) is 11.3 Å². The minimum Gasteiger partial charge on any atom is -0.325 e. The van der Waals surface area contributed by atoms with Gasteiger partial charge in [0.05, 0.1) is 5.41 Å². The molecule has 0 bridgehead atoms. The van der Waals surface area contributed by atoms with E-state index in [1.807, 2.05) is 42.5 Å². The lowest BCUT2D eigenvalue weighted by atomic mass is 9.63. The molecular formula is C21H18FNO. The van der Waals surface area contributed by atoms with Crippen LogP contribution in [0.25, 0.3) is 10.8 Å². The number of carbonyl (C=O) groups excluding carboxylic acids is 1. The van der Waals surface area contributed by atoms with Crippen molar-refractivity contribution in [3.63, 3.8) is 0 Å². The number of amides is 1. The quantitative estimate of drug-likeness (QED) is 0.720. The van der Waals surface area contributed by atoms with Crippen molar-refractivity contribution in [3.8, 4) is 0 Å². The van der Waals surface area contributed by atoms with E-state index in [1.54, 1.807) is 18.2 Å². The van der Waals surface area contributed by atoms with Crippen molar-refractivity contribution in [1.29, 1.82) is 0 Å². The predicted octanol–water partition coefficient (Wildman–Crippen LogP) is 5.04. The summed E-state index contributed by atoms with van der Waals surface area (Å²) in [6, 6.07) is 20.5. The molecule has 0 spiro atoms. The van der Waals surface area contributed by atoms with E-state index in [2.05, 4.69) is 5.32 Å². The molecular weight excluding hydrogens is 301 g/mol. The van der Waals surface area contributed by atoms with Crippen LogP contribution in [-0.4, -0.2) is 5.91 Å². The highest BCUT2D eigenvalue weighted by Gasteiger charge is 2.47. The fraction of sp³-hybridized carbons (Fsp3) is 0.190. The van der Waals surface area contributed by atoms with Crippen LogP contribution in [-0.2, 0) is 10.2 Å². The predicted molar refractivity (Wildman–Crippen MR) is 94.5 cm³/mol. The summed E-state index contributed by atoms with van der Waals surface area (Å²) < 4.78 is 14.2. The van der Waals surface area contributed by atoms with Gasteiger partial charge in [-0.1, -0.05) is 55.0 Å². The monoisotopic (exact) mass is 319 g/mol. The molecule has 0 heterocycles. The average Bonchev–Trinajstić information content (AvgIpc) is 2.55. The normalized spacial score (nSPS) is 15.7. The molecule has 0 unspecified atom stereocenters. The molecule has 3 heteroatoms. The van der Waals surface area contributed by atoms with Gasteiger partial charge in [-0.3, -0.25) is 4.79 Å². The molecule has 3 aromatic rings. The van der Waals surface area contributed by atoms with Crippen LogP contribution in [0.1, 0.15) is 24.8 Å². The lowest BCUT2D eigenvalue weighted by Crippen LogP contribution is -2.46. The SMILES string of the molecule is O=C(Nc1ccc2ccccc2c1)C1(c2ccccc2F)CCC1. The Morgan fingerprint density at radius 1 is 0.917 bits per heavy atom. The van der Waals surface area contributed by atoms with Crippen molar-refractivity contribution in [2.45, 2.75) is 24.7 Å². The Morgan fingerprint density at radius 2 is 1.62 bits per heavy atom. The summed E-state index contributed by atoms with van der Waals surface area (Å²) in [5.41, 5.74) is 0.521. The van der Waals surface area contributed by atoms with Crippen LogP contribution < -0.4 is 5.32 Å². The molecule has 0 aromatic heterocycles. The van der Waals surface area contributed by atoms with E-state index in [1.165, 1.54) is 6.07 Å². The fourth-order valence-electron chi connectivity index (χ4n) is 3.52. The van der Waals surface area contributed by atoms with E-state index >= 15 is 0 Å². The van der Waals surface area contributed by atoms with Crippen molar-refractivity contribution in [1.82, 2.24) is 0 Å². The van der Waals surface area contributed by atoms with E-state index in [0.717, 1.165) is 22.9 Å². The third-order valence-electron chi connectivity index (χ3n) is 5.04. The maximum Gasteiger partial charge on any atom is 0.235 e. The molecule has 0 radical (unpaired) electrons. The minimum absolute atomic E-state index is 0.117. The summed E-state index contributed by atoms with van der Waals surface area (Å²) in [5, 5.41) is 5.20. The van der Waals surface area contributed by atoms with E-state index in [4.69, 9.17) is 0 Å². The summed E-state index contributed by atoms with van der Waals surface area (Å²) in [7, 11) is 0. The topological polar surface area (TPSA) is 29.1 Å². The number of hydrogen-bond donors (Lipinski definition) is 1. The Kier molecular flexibility index (Phi) is 3.57. The lowest BCUT2D eigenvalue weighted by molar-refractivity contribution is -0.124. The first-order chi connectivity index (χ1) is 11.7. The molecule has 1 amide bonds. The number of nitrogens with one attached hydrogen (secondary N) is 1. The van der Waals surface area contributed by atoms with Crippen LogP contribution in [0, 0.1) is 5.82 Å². The number of rotatable bonds is 3. The maximum absolute atomic E-state index is 14.2. The van der Waals surface area contributed by atoms with Gasteiger partial charge >= 0.3 is 0 Å². The molecule has 1 aliphatic rings. The molecule has 1 saturated carbocycles. The molecule has 1 N–H and O–H groups in total. The number of anilines is 1. The van der Waals surface area contributed by atoms with Gasteiger partial charge in [0.1, 0.15) is 5.82 Å². The number of carbonyl (C=O) groups is 1. The maximum atomic E-state index is 14.2. The minimum atomic E-state index is -0.739. The van der Waals surface area contributed by atoms with E-state index in [-0.39, 0.29) is 11.7 Å². The molecule has 0 atom stereocenters. The van der Waals surface area contributed by atoms with Crippen molar-refractivity contribution >= 4 is 22.4 Å². The molecule has 1 fully saturated rings. The van der Waals surface area contributed by atoms with Crippen molar-refractivity contribution in [2.24, 2.45) is 0 Å². The zero-order valence-electron chi connectivity index (χ0n) is 13.3. The Hall–Kier alpha value is -2.68. The number of fused-ring (bicyclic) bond motifs is 1. The molecule has 120 valence electrons. The van der Waals surface area contributed by atoms with Crippen molar-refractivity contribution in [3.05, 3.63) is 78.1 Å². The smallest absolute Gasteiger partial charge is 0.235 e. The second kappa shape index (κ2) is 5.75. The molecule has 3 aromatic carbocycles. The molecule has 0 aliphatic heterocycles. The standard InChI is InChI=1S/C21H18FNO/c22-19-9-4-3-8-18(19)21(12-5-13-21)20(24)23-17-11-10-15-6-1-2-7-16(15)14-17/h1-4,6-11,14H,5,12-13H2,(H,23,24). The molecule has 4 rings (SSSR count). The first-order valence-electron chi connectivity index (χ1n) is 8.24. The van der Waals surface area contributed by atoms with Gasteiger partial charge in [-0.2, -0.15) is 0 Å². The zero-order chi connectivity index (χ0) is 16.6. The lowest BCUT2D eigenvalue weighted by Gasteiger charge is -2.40.